The van der Waals surface area contributed by atoms with Crippen molar-refractivity contribution in [3.05, 3.63) is 59.7 Å². The van der Waals surface area contributed by atoms with Crippen molar-refractivity contribution in [3.63, 3.8) is 0 Å². The summed E-state index contributed by atoms with van der Waals surface area (Å²) in [7, 11) is 0. The zero-order valence-electron chi connectivity index (χ0n) is 13.8. The van der Waals surface area contributed by atoms with Crippen LogP contribution in [0.2, 0.25) is 0 Å². The molecule has 0 aromatic heterocycles. The molecule has 0 bridgehead atoms. The van der Waals surface area contributed by atoms with E-state index in [1.165, 1.54) is 48.4 Å². The van der Waals surface area contributed by atoms with Gasteiger partial charge in [-0.3, -0.25) is 4.79 Å². The molecular formula is C22H24O. The third-order valence-electron chi connectivity index (χ3n) is 4.73. The summed E-state index contributed by atoms with van der Waals surface area (Å²) in [6.07, 6.45) is 8.52. The van der Waals surface area contributed by atoms with Crippen LogP contribution >= 0.6 is 0 Å². The van der Waals surface area contributed by atoms with Gasteiger partial charge in [0.15, 0.2) is 6.29 Å². The Hall–Kier alpha value is -2.15. The normalized spacial score (nSPS) is 11.2. The molecule has 3 aromatic rings. The molecule has 0 spiro atoms. The molecule has 0 amide bonds. The van der Waals surface area contributed by atoms with Crippen molar-refractivity contribution in [2.75, 3.05) is 0 Å². The predicted octanol–water partition coefficient (Wildman–Crippen LogP) is 6.32. The molecule has 0 aliphatic carbocycles. The number of carbonyl (C=O) groups excluding carboxylic acids is 1. The summed E-state index contributed by atoms with van der Waals surface area (Å²) in [6.45, 7) is 2.25. The monoisotopic (exact) mass is 304 g/mol. The van der Waals surface area contributed by atoms with Crippen molar-refractivity contribution in [2.45, 2.75) is 45.4 Å². The Bertz CT molecular complexity index is 760. The number of carbonyl (C=O) groups is 1. The second kappa shape index (κ2) is 7.41. The molecule has 0 aliphatic heterocycles. The van der Waals surface area contributed by atoms with E-state index in [1.54, 1.807) is 0 Å². The molecule has 0 saturated heterocycles. The number of unbranched alkanes of at least 4 members (excludes halogenated alkanes) is 4. The summed E-state index contributed by atoms with van der Waals surface area (Å²) in [6, 6.07) is 16.7. The van der Waals surface area contributed by atoms with Crippen molar-refractivity contribution in [1.29, 1.82) is 0 Å². The van der Waals surface area contributed by atoms with Gasteiger partial charge in [0.2, 0.25) is 0 Å². The molecule has 0 radical (unpaired) electrons. The average molecular weight is 304 g/mol. The van der Waals surface area contributed by atoms with Crippen LogP contribution in [-0.4, -0.2) is 6.29 Å². The Labute approximate surface area is 138 Å². The summed E-state index contributed by atoms with van der Waals surface area (Å²) in [5, 5.41) is 4.65. The summed E-state index contributed by atoms with van der Waals surface area (Å²) in [5.41, 5.74) is 2.23. The number of aldehydes is 1. The lowest BCUT2D eigenvalue weighted by molar-refractivity contribution is 0.112. The Morgan fingerprint density at radius 1 is 0.739 bits per heavy atom. The van der Waals surface area contributed by atoms with Crippen molar-refractivity contribution < 1.29 is 4.79 Å². The fourth-order valence-electron chi connectivity index (χ4n) is 3.55. The van der Waals surface area contributed by atoms with Crippen LogP contribution in [0.4, 0.5) is 0 Å². The summed E-state index contributed by atoms with van der Waals surface area (Å²) in [4.78, 5) is 11.7. The van der Waals surface area contributed by atoms with E-state index in [0.29, 0.717) is 0 Å². The molecule has 3 rings (SSSR count). The zero-order chi connectivity index (χ0) is 16.1. The van der Waals surface area contributed by atoms with E-state index in [4.69, 9.17) is 0 Å². The molecule has 0 fully saturated rings. The summed E-state index contributed by atoms with van der Waals surface area (Å²) >= 11 is 0. The van der Waals surface area contributed by atoms with Crippen molar-refractivity contribution in [3.8, 4) is 0 Å². The van der Waals surface area contributed by atoms with Crippen molar-refractivity contribution >= 4 is 27.8 Å². The van der Waals surface area contributed by atoms with Gasteiger partial charge in [-0.15, -0.1) is 0 Å². The first-order valence-corrected chi connectivity index (χ1v) is 8.74. The van der Waals surface area contributed by atoms with Gasteiger partial charge in [0.1, 0.15) is 0 Å². The smallest absolute Gasteiger partial charge is 0.151 e. The van der Waals surface area contributed by atoms with Gasteiger partial charge >= 0.3 is 0 Å². The Morgan fingerprint density at radius 3 is 1.78 bits per heavy atom. The number of aryl methyl sites for hydroxylation is 1. The molecule has 0 N–H and O–H groups in total. The molecule has 0 heterocycles. The molecule has 1 heteroatoms. The van der Waals surface area contributed by atoms with Crippen LogP contribution in [0.1, 0.15) is 54.9 Å². The van der Waals surface area contributed by atoms with Gasteiger partial charge in [-0.05, 0) is 39.9 Å². The van der Waals surface area contributed by atoms with E-state index in [1.807, 2.05) is 12.1 Å². The van der Waals surface area contributed by atoms with E-state index in [9.17, 15) is 4.79 Å². The number of hydrogen-bond acceptors (Lipinski definition) is 1. The van der Waals surface area contributed by atoms with Gasteiger partial charge in [-0.2, -0.15) is 0 Å². The van der Waals surface area contributed by atoms with Gasteiger partial charge in [0, 0.05) is 5.56 Å². The van der Waals surface area contributed by atoms with E-state index >= 15 is 0 Å². The molecule has 3 aromatic carbocycles. The molecule has 0 aliphatic rings. The molecule has 23 heavy (non-hydrogen) atoms. The fourth-order valence-corrected chi connectivity index (χ4v) is 3.55. The first-order chi connectivity index (χ1) is 11.4. The van der Waals surface area contributed by atoms with Gasteiger partial charge in [0.25, 0.3) is 0 Å². The number of benzene rings is 3. The number of hydrogen-bond donors (Lipinski definition) is 0. The maximum Gasteiger partial charge on any atom is 0.151 e. The predicted molar refractivity (Wildman–Crippen MR) is 99.3 cm³/mol. The second-order valence-corrected chi connectivity index (χ2v) is 6.27. The standard InChI is InChI=1S/C22H24O/c1-2-3-4-5-6-11-17-18-12-7-9-14-20(18)22(16-23)21-15-10-8-13-19(17)21/h7-10,12-16H,2-6,11H2,1H3. The summed E-state index contributed by atoms with van der Waals surface area (Å²) < 4.78 is 0. The lowest BCUT2D eigenvalue weighted by Crippen LogP contribution is -1.95. The Balaban J connectivity index is 2.08. The zero-order valence-corrected chi connectivity index (χ0v) is 13.8. The van der Waals surface area contributed by atoms with Crippen molar-refractivity contribution in [1.82, 2.24) is 0 Å². The van der Waals surface area contributed by atoms with Crippen LogP contribution in [0, 0.1) is 0 Å². The van der Waals surface area contributed by atoms with E-state index in [2.05, 4.69) is 43.3 Å². The molecule has 118 valence electrons. The Kier molecular flexibility index (Phi) is 5.07. The molecule has 0 atom stereocenters. The van der Waals surface area contributed by atoms with Gasteiger partial charge < -0.3 is 0 Å². The van der Waals surface area contributed by atoms with Crippen molar-refractivity contribution in [2.24, 2.45) is 0 Å². The van der Waals surface area contributed by atoms with E-state index in [-0.39, 0.29) is 0 Å². The first kappa shape index (κ1) is 15.7. The SMILES string of the molecule is CCCCCCCc1c2ccccc2c(C=O)c2ccccc12. The Morgan fingerprint density at radius 2 is 1.26 bits per heavy atom. The van der Waals surface area contributed by atoms with E-state index in [0.717, 1.165) is 29.0 Å². The first-order valence-electron chi connectivity index (χ1n) is 8.74. The highest BCUT2D eigenvalue weighted by Gasteiger charge is 2.12. The molecule has 0 saturated carbocycles. The maximum absolute atomic E-state index is 11.7. The largest absolute Gasteiger partial charge is 0.298 e. The second-order valence-electron chi connectivity index (χ2n) is 6.27. The highest BCUT2D eigenvalue weighted by atomic mass is 16.1. The van der Waals surface area contributed by atoms with Gasteiger partial charge in [0.05, 0.1) is 0 Å². The summed E-state index contributed by atoms with van der Waals surface area (Å²) in [5.74, 6) is 0. The molecular weight excluding hydrogens is 280 g/mol. The van der Waals surface area contributed by atoms with Crippen LogP contribution in [-0.2, 0) is 6.42 Å². The third-order valence-corrected chi connectivity index (χ3v) is 4.73. The average Bonchev–Trinajstić information content (AvgIpc) is 2.61. The molecule has 1 nitrogen and oxygen atoms in total. The van der Waals surface area contributed by atoms with Gasteiger partial charge in [-0.25, -0.2) is 0 Å². The third kappa shape index (κ3) is 3.14. The van der Waals surface area contributed by atoms with Crippen LogP contribution in [0.25, 0.3) is 21.5 Å². The minimum Gasteiger partial charge on any atom is -0.298 e. The highest BCUT2D eigenvalue weighted by Crippen LogP contribution is 2.33. The number of rotatable bonds is 7. The minimum atomic E-state index is 0.825. The highest BCUT2D eigenvalue weighted by molar-refractivity contribution is 6.14. The van der Waals surface area contributed by atoms with Crippen LogP contribution in [0.15, 0.2) is 48.5 Å². The minimum absolute atomic E-state index is 0.825. The number of fused-ring (bicyclic) bond motifs is 2. The lowest BCUT2D eigenvalue weighted by Gasteiger charge is -2.14. The molecule has 0 unspecified atom stereocenters. The van der Waals surface area contributed by atoms with Crippen LogP contribution < -0.4 is 0 Å². The van der Waals surface area contributed by atoms with E-state index < -0.39 is 0 Å². The fraction of sp³-hybridized carbons (Fsp3) is 0.318. The van der Waals surface area contributed by atoms with Crippen LogP contribution in [0.3, 0.4) is 0 Å². The van der Waals surface area contributed by atoms with Crippen LogP contribution in [0.5, 0.6) is 0 Å². The van der Waals surface area contributed by atoms with Gasteiger partial charge in [-0.1, -0.05) is 81.1 Å². The topological polar surface area (TPSA) is 17.1 Å². The quantitative estimate of drug-likeness (QED) is 0.283. The maximum atomic E-state index is 11.7. The lowest BCUT2D eigenvalue weighted by atomic mass is 9.90.